The van der Waals surface area contributed by atoms with Crippen molar-refractivity contribution in [2.24, 2.45) is 5.73 Å². The predicted octanol–water partition coefficient (Wildman–Crippen LogP) is 4.47. The second-order valence-corrected chi connectivity index (χ2v) is 7.55. The minimum Gasteiger partial charge on any atom is -0.494 e. The molecule has 1 aromatic heterocycles. The van der Waals surface area contributed by atoms with E-state index >= 15 is 0 Å². The maximum atomic E-state index is 6.32. The lowest BCUT2D eigenvalue weighted by Crippen LogP contribution is -2.15. The van der Waals surface area contributed by atoms with Crippen LogP contribution in [-0.2, 0) is 11.8 Å². The Morgan fingerprint density at radius 3 is 2.45 bits per heavy atom. The van der Waals surface area contributed by atoms with E-state index in [2.05, 4.69) is 33.1 Å². The van der Waals surface area contributed by atoms with Gasteiger partial charge in [-0.3, -0.25) is 0 Å². The highest BCUT2D eigenvalue weighted by molar-refractivity contribution is 7.09. The zero-order valence-corrected chi connectivity index (χ0v) is 14.7. The molecule has 0 fully saturated rings. The smallest absolute Gasteiger partial charge is 0.119 e. The van der Waals surface area contributed by atoms with Gasteiger partial charge >= 0.3 is 0 Å². The average Bonchev–Trinajstić information content (AvgIpc) is 2.94. The van der Waals surface area contributed by atoms with E-state index in [-0.39, 0.29) is 11.5 Å². The Hall–Kier alpha value is -1.39. The van der Waals surface area contributed by atoms with Crippen LogP contribution in [0, 0.1) is 0 Å². The van der Waals surface area contributed by atoms with E-state index in [1.807, 2.05) is 24.3 Å². The van der Waals surface area contributed by atoms with E-state index in [1.54, 1.807) is 11.3 Å². The molecule has 0 aliphatic carbocycles. The number of hydrogen-bond acceptors (Lipinski definition) is 4. The van der Waals surface area contributed by atoms with Crippen molar-refractivity contribution in [1.82, 2.24) is 4.98 Å². The summed E-state index contributed by atoms with van der Waals surface area (Å²) in [5, 5.41) is 3.24. The Labute approximate surface area is 137 Å². The van der Waals surface area contributed by atoms with Gasteiger partial charge in [0, 0.05) is 23.3 Å². The van der Waals surface area contributed by atoms with E-state index in [9.17, 15) is 0 Å². The second kappa shape index (κ2) is 7.25. The largest absolute Gasteiger partial charge is 0.494 e. The maximum Gasteiger partial charge on any atom is 0.119 e. The Morgan fingerprint density at radius 2 is 1.91 bits per heavy atom. The minimum atomic E-state index is -0.0285. The number of ether oxygens (including phenoxy) is 1. The lowest BCUT2D eigenvalue weighted by Gasteiger charge is -2.15. The summed E-state index contributed by atoms with van der Waals surface area (Å²) < 4.78 is 5.60. The second-order valence-electron chi connectivity index (χ2n) is 6.60. The van der Waals surface area contributed by atoms with Gasteiger partial charge in [-0.25, -0.2) is 4.98 Å². The Bertz CT molecular complexity index is 584. The fraction of sp³-hybridized carbons (Fsp3) is 0.500. The van der Waals surface area contributed by atoms with Crippen molar-refractivity contribution in [3.63, 3.8) is 0 Å². The molecule has 2 rings (SSSR count). The van der Waals surface area contributed by atoms with E-state index in [0.717, 1.165) is 41.5 Å². The van der Waals surface area contributed by atoms with Gasteiger partial charge in [-0.1, -0.05) is 39.8 Å². The summed E-state index contributed by atoms with van der Waals surface area (Å²) >= 11 is 1.70. The molecule has 0 bridgehead atoms. The fourth-order valence-electron chi connectivity index (χ4n) is 2.09. The van der Waals surface area contributed by atoms with Crippen LogP contribution >= 0.6 is 11.3 Å². The van der Waals surface area contributed by atoms with Crippen molar-refractivity contribution in [1.29, 1.82) is 0 Å². The normalized spacial score (nSPS) is 13.1. The third-order valence-corrected chi connectivity index (χ3v) is 4.37. The molecule has 2 aromatic rings. The number of aromatic nitrogens is 1. The summed E-state index contributed by atoms with van der Waals surface area (Å²) in [6.07, 6.45) is 1.79. The first-order valence-electron chi connectivity index (χ1n) is 7.83. The van der Waals surface area contributed by atoms with Crippen LogP contribution in [-0.4, -0.2) is 11.6 Å². The molecule has 0 amide bonds. The van der Waals surface area contributed by atoms with Crippen LogP contribution < -0.4 is 10.5 Å². The molecule has 2 N–H and O–H groups in total. The monoisotopic (exact) mass is 318 g/mol. The minimum absolute atomic E-state index is 0.0285. The van der Waals surface area contributed by atoms with Crippen LogP contribution in [0.2, 0.25) is 0 Å². The molecule has 3 nitrogen and oxygen atoms in total. The topological polar surface area (TPSA) is 48.1 Å². The van der Waals surface area contributed by atoms with Gasteiger partial charge < -0.3 is 10.5 Å². The van der Waals surface area contributed by atoms with Crippen LogP contribution in [0.1, 0.15) is 56.4 Å². The van der Waals surface area contributed by atoms with Crippen LogP contribution in [0.15, 0.2) is 29.6 Å². The van der Waals surface area contributed by atoms with Crippen molar-refractivity contribution < 1.29 is 4.74 Å². The molecular weight excluding hydrogens is 292 g/mol. The molecule has 1 heterocycles. The third-order valence-electron chi connectivity index (χ3n) is 3.50. The standard InChI is InChI=1S/C18H26N2OS/c1-5-10-21-14-8-6-13(7-9-14)15(19)11-17-20-16(12-22-17)18(2,3)4/h6-9,12,15H,5,10-11,19H2,1-4H3. The predicted molar refractivity (Wildman–Crippen MR) is 93.7 cm³/mol. The molecule has 4 heteroatoms. The Morgan fingerprint density at radius 1 is 1.23 bits per heavy atom. The summed E-state index contributed by atoms with van der Waals surface area (Å²) in [7, 11) is 0. The van der Waals surface area contributed by atoms with Crippen molar-refractivity contribution in [2.45, 2.75) is 52.0 Å². The summed E-state index contributed by atoms with van der Waals surface area (Å²) in [6, 6.07) is 8.06. The van der Waals surface area contributed by atoms with E-state index < -0.39 is 0 Å². The number of nitrogens with zero attached hydrogens (tertiary/aromatic N) is 1. The first kappa shape index (κ1) is 17.0. The summed E-state index contributed by atoms with van der Waals surface area (Å²) in [6.45, 7) is 9.40. The van der Waals surface area contributed by atoms with E-state index in [4.69, 9.17) is 15.5 Å². The van der Waals surface area contributed by atoms with E-state index in [0.29, 0.717) is 0 Å². The molecule has 1 unspecified atom stereocenters. The third kappa shape index (κ3) is 4.55. The van der Waals surface area contributed by atoms with Crippen LogP contribution in [0.4, 0.5) is 0 Å². The van der Waals surface area contributed by atoms with Gasteiger partial charge in [0.25, 0.3) is 0 Å². The number of benzene rings is 1. The zero-order valence-electron chi connectivity index (χ0n) is 13.9. The number of thiazole rings is 1. The van der Waals surface area contributed by atoms with Crippen molar-refractivity contribution in [3.05, 3.63) is 45.9 Å². The zero-order chi connectivity index (χ0) is 16.2. The van der Waals surface area contributed by atoms with Gasteiger partial charge in [0.15, 0.2) is 0 Å². The first-order chi connectivity index (χ1) is 10.4. The van der Waals surface area contributed by atoms with Gasteiger partial charge in [-0.2, -0.15) is 0 Å². The van der Waals surface area contributed by atoms with Crippen molar-refractivity contribution in [2.75, 3.05) is 6.61 Å². The number of rotatable bonds is 6. The SMILES string of the molecule is CCCOc1ccc(C(N)Cc2nc(C(C)(C)C)cs2)cc1. The molecule has 0 saturated carbocycles. The average molecular weight is 318 g/mol. The van der Waals surface area contributed by atoms with Gasteiger partial charge in [0.2, 0.25) is 0 Å². The summed E-state index contributed by atoms with van der Waals surface area (Å²) in [5.41, 5.74) is 8.68. The van der Waals surface area contributed by atoms with Gasteiger partial charge in [0.1, 0.15) is 5.75 Å². The fourth-order valence-corrected chi connectivity index (χ4v) is 3.17. The van der Waals surface area contributed by atoms with E-state index in [1.165, 1.54) is 0 Å². The molecule has 0 aliphatic rings. The first-order valence-corrected chi connectivity index (χ1v) is 8.71. The van der Waals surface area contributed by atoms with Crippen molar-refractivity contribution >= 4 is 11.3 Å². The molecule has 1 atom stereocenters. The van der Waals surface area contributed by atoms with Gasteiger partial charge in [-0.15, -0.1) is 11.3 Å². The Balaban J connectivity index is 1.99. The molecule has 0 spiro atoms. The Kier molecular flexibility index (Phi) is 5.59. The summed E-state index contributed by atoms with van der Waals surface area (Å²) in [4.78, 5) is 4.72. The summed E-state index contributed by atoms with van der Waals surface area (Å²) in [5.74, 6) is 0.905. The highest BCUT2D eigenvalue weighted by Gasteiger charge is 2.18. The van der Waals surface area contributed by atoms with Gasteiger partial charge in [0.05, 0.1) is 17.3 Å². The molecule has 22 heavy (non-hydrogen) atoms. The molecule has 0 saturated heterocycles. The lowest BCUT2D eigenvalue weighted by molar-refractivity contribution is 0.317. The molecule has 0 radical (unpaired) electrons. The lowest BCUT2D eigenvalue weighted by atomic mass is 9.93. The highest BCUT2D eigenvalue weighted by Crippen LogP contribution is 2.26. The quantitative estimate of drug-likeness (QED) is 0.854. The van der Waals surface area contributed by atoms with Crippen molar-refractivity contribution in [3.8, 4) is 5.75 Å². The number of nitrogens with two attached hydrogens (primary N) is 1. The highest BCUT2D eigenvalue weighted by atomic mass is 32.1. The molecule has 0 aliphatic heterocycles. The molecular formula is C18H26N2OS. The molecule has 1 aromatic carbocycles. The van der Waals surface area contributed by atoms with Gasteiger partial charge in [-0.05, 0) is 24.1 Å². The molecule has 120 valence electrons. The van der Waals surface area contributed by atoms with Crippen LogP contribution in [0.3, 0.4) is 0 Å². The maximum absolute atomic E-state index is 6.32. The van der Waals surface area contributed by atoms with Crippen LogP contribution in [0.25, 0.3) is 0 Å². The van der Waals surface area contributed by atoms with Crippen LogP contribution in [0.5, 0.6) is 5.75 Å². The number of hydrogen-bond donors (Lipinski definition) is 1.